The van der Waals surface area contributed by atoms with E-state index >= 15 is 0 Å². The zero-order valence-electron chi connectivity index (χ0n) is 14.2. The highest BCUT2D eigenvalue weighted by Gasteiger charge is 2.23. The number of piperazine rings is 1. The highest BCUT2D eigenvalue weighted by Crippen LogP contribution is 2.25. The molecule has 0 amide bonds. The van der Waals surface area contributed by atoms with Gasteiger partial charge in [0.1, 0.15) is 0 Å². The van der Waals surface area contributed by atoms with Crippen LogP contribution in [0.15, 0.2) is 18.2 Å². The van der Waals surface area contributed by atoms with Crippen molar-refractivity contribution in [3.8, 4) is 0 Å². The fraction of sp³-hybridized carbons (Fsp3) is 0.667. The van der Waals surface area contributed by atoms with E-state index in [4.69, 9.17) is 0 Å². The van der Waals surface area contributed by atoms with E-state index in [0.717, 1.165) is 32.7 Å². The quantitative estimate of drug-likeness (QED) is 0.812. The molecule has 3 heteroatoms. The predicted molar refractivity (Wildman–Crippen MR) is 92.1 cm³/mol. The first-order chi connectivity index (χ1) is 10.2. The number of nitrogens with zero attached hydrogens (tertiary/aromatic N) is 2. The lowest BCUT2D eigenvalue weighted by Gasteiger charge is -2.41. The van der Waals surface area contributed by atoms with E-state index in [1.165, 1.54) is 29.8 Å². The molecule has 0 radical (unpaired) electrons. The highest BCUT2D eigenvalue weighted by molar-refractivity contribution is 5.55. The maximum Gasteiger partial charge on any atom is 0.0413 e. The standard InChI is InChI=1S/C18H31N3/c1-5-9-19-13-17-12-15(3)7-8-18(17)21-11-10-20(6-2)16(4)14-21/h7-8,12,16,19H,5-6,9-11,13-14H2,1-4H3. The molecule has 1 unspecified atom stereocenters. The van der Waals surface area contributed by atoms with E-state index in [0.29, 0.717) is 6.04 Å². The Morgan fingerprint density at radius 3 is 2.71 bits per heavy atom. The fourth-order valence-electron chi connectivity index (χ4n) is 3.25. The Kier molecular flexibility index (Phi) is 6.07. The topological polar surface area (TPSA) is 18.5 Å². The summed E-state index contributed by atoms with van der Waals surface area (Å²) in [5.74, 6) is 0. The summed E-state index contributed by atoms with van der Waals surface area (Å²) in [6.45, 7) is 15.7. The number of rotatable bonds is 6. The molecule has 1 heterocycles. The maximum atomic E-state index is 3.55. The molecular weight excluding hydrogens is 258 g/mol. The second-order valence-electron chi connectivity index (χ2n) is 6.23. The fourth-order valence-corrected chi connectivity index (χ4v) is 3.25. The van der Waals surface area contributed by atoms with Crippen LogP contribution in [0, 0.1) is 6.92 Å². The molecule has 1 aromatic rings. The largest absolute Gasteiger partial charge is 0.368 e. The van der Waals surface area contributed by atoms with Gasteiger partial charge < -0.3 is 10.2 Å². The zero-order valence-corrected chi connectivity index (χ0v) is 14.2. The van der Waals surface area contributed by atoms with Gasteiger partial charge in [-0.3, -0.25) is 4.90 Å². The van der Waals surface area contributed by atoms with Gasteiger partial charge in [-0.1, -0.05) is 31.5 Å². The van der Waals surface area contributed by atoms with Crippen LogP contribution < -0.4 is 10.2 Å². The van der Waals surface area contributed by atoms with Crippen molar-refractivity contribution < 1.29 is 0 Å². The number of aryl methyl sites for hydroxylation is 1. The SMILES string of the molecule is CCCNCc1cc(C)ccc1N1CCN(CC)C(C)C1. The van der Waals surface area contributed by atoms with Crippen molar-refractivity contribution in [2.45, 2.75) is 46.7 Å². The molecule has 0 aromatic heterocycles. The van der Waals surface area contributed by atoms with Crippen LogP contribution in [0.1, 0.15) is 38.3 Å². The lowest BCUT2D eigenvalue weighted by atomic mass is 10.1. The summed E-state index contributed by atoms with van der Waals surface area (Å²) in [4.78, 5) is 5.14. The normalized spacial score (nSPS) is 20.0. The van der Waals surface area contributed by atoms with Gasteiger partial charge in [0.05, 0.1) is 0 Å². The molecule has 2 rings (SSSR count). The summed E-state index contributed by atoms with van der Waals surface area (Å²) in [5, 5.41) is 3.55. The van der Waals surface area contributed by atoms with Gasteiger partial charge in [0.2, 0.25) is 0 Å². The van der Waals surface area contributed by atoms with Crippen LogP contribution in [0.4, 0.5) is 5.69 Å². The lowest BCUT2D eigenvalue weighted by molar-refractivity contribution is 0.199. The van der Waals surface area contributed by atoms with Gasteiger partial charge in [0.15, 0.2) is 0 Å². The Morgan fingerprint density at radius 1 is 1.24 bits per heavy atom. The second kappa shape index (κ2) is 7.81. The molecule has 21 heavy (non-hydrogen) atoms. The molecule has 3 nitrogen and oxygen atoms in total. The molecule has 1 aliphatic heterocycles. The minimum absolute atomic E-state index is 0.640. The van der Waals surface area contributed by atoms with Crippen molar-refractivity contribution in [2.75, 3.05) is 37.6 Å². The van der Waals surface area contributed by atoms with Crippen LogP contribution in [-0.2, 0) is 6.54 Å². The van der Waals surface area contributed by atoms with Crippen molar-refractivity contribution in [1.82, 2.24) is 10.2 Å². The van der Waals surface area contributed by atoms with Crippen LogP contribution in [0.5, 0.6) is 0 Å². The molecule has 1 aliphatic rings. The van der Waals surface area contributed by atoms with Gasteiger partial charge in [-0.05, 0) is 45.0 Å². The van der Waals surface area contributed by atoms with E-state index in [-0.39, 0.29) is 0 Å². The van der Waals surface area contributed by atoms with Gasteiger partial charge in [0.25, 0.3) is 0 Å². The minimum atomic E-state index is 0.640. The molecule has 1 saturated heterocycles. The monoisotopic (exact) mass is 289 g/mol. The van der Waals surface area contributed by atoms with E-state index in [1.54, 1.807) is 0 Å². The third-order valence-electron chi connectivity index (χ3n) is 4.49. The Labute approximate surface area is 130 Å². The summed E-state index contributed by atoms with van der Waals surface area (Å²) in [5.41, 5.74) is 4.22. The van der Waals surface area contributed by atoms with Crippen LogP contribution in [-0.4, -0.2) is 43.7 Å². The molecular formula is C18H31N3. The van der Waals surface area contributed by atoms with E-state index in [9.17, 15) is 0 Å². The molecule has 0 spiro atoms. The molecule has 0 saturated carbocycles. The van der Waals surface area contributed by atoms with Gasteiger partial charge in [-0.2, -0.15) is 0 Å². The van der Waals surface area contributed by atoms with Crippen molar-refractivity contribution in [2.24, 2.45) is 0 Å². The number of hydrogen-bond donors (Lipinski definition) is 1. The Hall–Kier alpha value is -1.06. The highest BCUT2D eigenvalue weighted by atomic mass is 15.3. The van der Waals surface area contributed by atoms with Crippen molar-refractivity contribution in [3.63, 3.8) is 0 Å². The average molecular weight is 289 g/mol. The average Bonchev–Trinajstić information content (AvgIpc) is 2.47. The predicted octanol–water partition coefficient (Wildman–Crippen LogP) is 3.03. The van der Waals surface area contributed by atoms with Gasteiger partial charge >= 0.3 is 0 Å². The second-order valence-corrected chi connectivity index (χ2v) is 6.23. The van der Waals surface area contributed by atoms with Crippen LogP contribution in [0.3, 0.4) is 0 Å². The van der Waals surface area contributed by atoms with Gasteiger partial charge in [0, 0.05) is 37.9 Å². The number of nitrogens with one attached hydrogen (secondary N) is 1. The first-order valence-electron chi connectivity index (χ1n) is 8.45. The Balaban J connectivity index is 2.11. The number of likely N-dealkylation sites (N-methyl/N-ethyl adjacent to an activating group) is 1. The molecule has 0 bridgehead atoms. The summed E-state index contributed by atoms with van der Waals surface area (Å²) in [6.07, 6.45) is 1.19. The van der Waals surface area contributed by atoms with E-state index in [1.807, 2.05) is 0 Å². The van der Waals surface area contributed by atoms with Crippen molar-refractivity contribution >= 4 is 5.69 Å². The minimum Gasteiger partial charge on any atom is -0.368 e. The number of hydrogen-bond acceptors (Lipinski definition) is 3. The number of benzene rings is 1. The van der Waals surface area contributed by atoms with E-state index < -0.39 is 0 Å². The zero-order chi connectivity index (χ0) is 15.2. The summed E-state index contributed by atoms with van der Waals surface area (Å²) in [7, 11) is 0. The smallest absolute Gasteiger partial charge is 0.0413 e. The van der Waals surface area contributed by atoms with Crippen LogP contribution >= 0.6 is 0 Å². The molecule has 118 valence electrons. The van der Waals surface area contributed by atoms with E-state index in [2.05, 4.69) is 61.0 Å². The molecule has 1 aromatic carbocycles. The van der Waals surface area contributed by atoms with Crippen LogP contribution in [0.2, 0.25) is 0 Å². The third-order valence-corrected chi connectivity index (χ3v) is 4.49. The Bertz CT molecular complexity index is 444. The van der Waals surface area contributed by atoms with Gasteiger partial charge in [-0.15, -0.1) is 0 Å². The Morgan fingerprint density at radius 2 is 2.05 bits per heavy atom. The van der Waals surface area contributed by atoms with Gasteiger partial charge in [-0.25, -0.2) is 0 Å². The number of anilines is 1. The van der Waals surface area contributed by atoms with Crippen molar-refractivity contribution in [3.05, 3.63) is 29.3 Å². The van der Waals surface area contributed by atoms with Crippen molar-refractivity contribution in [1.29, 1.82) is 0 Å². The first-order valence-corrected chi connectivity index (χ1v) is 8.45. The maximum absolute atomic E-state index is 3.55. The lowest BCUT2D eigenvalue weighted by Crippen LogP contribution is -2.52. The summed E-state index contributed by atoms with van der Waals surface area (Å²) in [6, 6.07) is 7.54. The summed E-state index contributed by atoms with van der Waals surface area (Å²) < 4.78 is 0. The molecule has 1 fully saturated rings. The summed E-state index contributed by atoms with van der Waals surface area (Å²) >= 11 is 0. The molecule has 0 aliphatic carbocycles. The third kappa shape index (κ3) is 4.21. The first kappa shape index (κ1) is 16.3. The molecule has 1 N–H and O–H groups in total. The van der Waals surface area contributed by atoms with Crippen LogP contribution in [0.25, 0.3) is 0 Å². The molecule has 1 atom stereocenters.